The van der Waals surface area contributed by atoms with Gasteiger partial charge in [0.15, 0.2) is 0 Å². The quantitative estimate of drug-likeness (QED) is 0.857. The first-order chi connectivity index (χ1) is 8.42. The van der Waals surface area contributed by atoms with E-state index in [4.69, 9.17) is 11.6 Å². The second-order valence-electron chi connectivity index (χ2n) is 5.15. The molecule has 1 aromatic rings. The zero-order valence-corrected chi connectivity index (χ0v) is 12.8. The summed E-state index contributed by atoms with van der Waals surface area (Å²) in [5.74, 6) is 0.851. The predicted octanol–water partition coefficient (Wildman–Crippen LogP) is 3.47. The van der Waals surface area contributed by atoms with Crippen molar-refractivity contribution in [2.75, 3.05) is 18.5 Å². The third-order valence-corrected chi connectivity index (χ3v) is 3.83. The van der Waals surface area contributed by atoms with Crippen LogP contribution in [-0.2, 0) is 6.54 Å². The maximum Gasteiger partial charge on any atom is 0.147 e. The summed E-state index contributed by atoms with van der Waals surface area (Å²) in [5, 5.41) is 3.99. The topological polar surface area (TPSA) is 28.2 Å². The molecule has 0 atom stereocenters. The number of halogens is 1. The van der Waals surface area contributed by atoms with E-state index in [-0.39, 0.29) is 5.54 Å². The first kappa shape index (κ1) is 15.3. The average molecular weight is 270 g/mol. The highest BCUT2D eigenvalue weighted by Crippen LogP contribution is 2.29. The Morgan fingerprint density at radius 2 is 2.06 bits per heavy atom. The lowest BCUT2D eigenvalue weighted by Gasteiger charge is -2.36. The molecule has 102 valence electrons. The van der Waals surface area contributed by atoms with Crippen molar-refractivity contribution in [2.45, 2.75) is 46.2 Å². The molecule has 0 fully saturated rings. The lowest BCUT2D eigenvalue weighted by molar-refractivity contribution is 0.467. The van der Waals surface area contributed by atoms with E-state index in [1.165, 1.54) is 0 Å². The molecule has 0 spiro atoms. The van der Waals surface area contributed by atoms with Crippen molar-refractivity contribution in [1.29, 1.82) is 0 Å². The molecule has 0 bridgehead atoms. The van der Waals surface area contributed by atoms with Gasteiger partial charge in [0.1, 0.15) is 5.82 Å². The smallest absolute Gasteiger partial charge is 0.147 e. The van der Waals surface area contributed by atoms with Crippen LogP contribution < -0.4 is 10.2 Å². The number of pyridine rings is 1. The van der Waals surface area contributed by atoms with E-state index < -0.39 is 0 Å². The highest BCUT2D eigenvalue weighted by atomic mass is 35.5. The second-order valence-corrected chi connectivity index (χ2v) is 5.56. The molecule has 4 heteroatoms. The molecule has 0 aliphatic carbocycles. The number of hydrogen-bond donors (Lipinski definition) is 1. The molecular formula is C14H24ClN3. The van der Waals surface area contributed by atoms with Gasteiger partial charge in [-0.3, -0.25) is 0 Å². The molecule has 1 rings (SSSR count). The number of nitrogens with zero attached hydrogens (tertiary/aromatic N) is 2. The SMILES string of the molecule is CCNCc1cnc(N(C)C(C)(C)CC)c(Cl)c1. The standard InChI is InChI=1S/C14H24ClN3/c1-6-14(3,4)18(5)13-12(15)8-11(10-17-13)9-16-7-2/h8,10,16H,6-7,9H2,1-5H3. The maximum atomic E-state index is 6.33. The van der Waals surface area contributed by atoms with E-state index in [0.29, 0.717) is 0 Å². The van der Waals surface area contributed by atoms with Gasteiger partial charge in [-0.15, -0.1) is 0 Å². The van der Waals surface area contributed by atoms with E-state index in [9.17, 15) is 0 Å². The van der Waals surface area contributed by atoms with Gasteiger partial charge in [-0.1, -0.05) is 25.4 Å². The van der Waals surface area contributed by atoms with Crippen LogP contribution in [0, 0.1) is 0 Å². The summed E-state index contributed by atoms with van der Waals surface area (Å²) in [6.45, 7) is 10.4. The summed E-state index contributed by atoms with van der Waals surface area (Å²) in [7, 11) is 2.04. The highest BCUT2D eigenvalue weighted by molar-refractivity contribution is 6.33. The van der Waals surface area contributed by atoms with Crippen molar-refractivity contribution in [2.24, 2.45) is 0 Å². The number of aromatic nitrogens is 1. The Morgan fingerprint density at radius 3 is 2.56 bits per heavy atom. The van der Waals surface area contributed by atoms with Crippen LogP contribution in [0.15, 0.2) is 12.3 Å². The summed E-state index contributed by atoms with van der Waals surface area (Å²) in [4.78, 5) is 6.64. The Morgan fingerprint density at radius 1 is 1.39 bits per heavy atom. The van der Waals surface area contributed by atoms with Gasteiger partial charge in [-0.05, 0) is 38.4 Å². The molecule has 0 aliphatic rings. The van der Waals surface area contributed by atoms with E-state index in [1.54, 1.807) is 0 Å². The Hall–Kier alpha value is -0.800. The molecule has 0 saturated carbocycles. The van der Waals surface area contributed by atoms with E-state index in [0.717, 1.165) is 35.9 Å². The van der Waals surface area contributed by atoms with Gasteiger partial charge in [0.2, 0.25) is 0 Å². The average Bonchev–Trinajstić information content (AvgIpc) is 2.35. The fourth-order valence-electron chi connectivity index (χ4n) is 1.61. The van der Waals surface area contributed by atoms with Gasteiger partial charge >= 0.3 is 0 Å². The lowest BCUT2D eigenvalue weighted by Crippen LogP contribution is -2.41. The van der Waals surface area contributed by atoms with Gasteiger partial charge in [-0.25, -0.2) is 4.98 Å². The number of nitrogens with one attached hydrogen (secondary N) is 1. The largest absolute Gasteiger partial charge is 0.353 e. The van der Waals surface area contributed by atoms with Gasteiger partial charge in [0, 0.05) is 25.3 Å². The normalized spacial score (nSPS) is 11.7. The van der Waals surface area contributed by atoms with Crippen LogP contribution >= 0.6 is 11.6 Å². The summed E-state index contributed by atoms with van der Waals surface area (Å²) in [6, 6.07) is 1.99. The molecule has 0 saturated heterocycles. The van der Waals surface area contributed by atoms with Crippen molar-refractivity contribution in [3.8, 4) is 0 Å². The van der Waals surface area contributed by atoms with E-state index in [1.807, 2.05) is 19.3 Å². The summed E-state index contributed by atoms with van der Waals surface area (Å²) < 4.78 is 0. The van der Waals surface area contributed by atoms with Crippen LogP contribution in [0.4, 0.5) is 5.82 Å². The van der Waals surface area contributed by atoms with E-state index in [2.05, 4.69) is 42.9 Å². The lowest BCUT2D eigenvalue weighted by atomic mass is 10.00. The molecule has 18 heavy (non-hydrogen) atoms. The molecule has 0 radical (unpaired) electrons. The summed E-state index contributed by atoms with van der Waals surface area (Å²) in [6.07, 6.45) is 2.94. The Labute approximate surface area is 116 Å². The van der Waals surface area contributed by atoms with Crippen LogP contribution in [0.3, 0.4) is 0 Å². The van der Waals surface area contributed by atoms with Crippen LogP contribution in [0.25, 0.3) is 0 Å². The maximum absolute atomic E-state index is 6.33. The molecule has 0 unspecified atom stereocenters. The predicted molar refractivity (Wildman–Crippen MR) is 79.4 cm³/mol. The highest BCUT2D eigenvalue weighted by Gasteiger charge is 2.24. The van der Waals surface area contributed by atoms with Crippen molar-refractivity contribution in [3.63, 3.8) is 0 Å². The van der Waals surface area contributed by atoms with Crippen LogP contribution in [0.2, 0.25) is 5.02 Å². The van der Waals surface area contributed by atoms with Crippen LogP contribution in [0.1, 0.15) is 39.7 Å². The molecule has 3 nitrogen and oxygen atoms in total. The zero-order valence-electron chi connectivity index (χ0n) is 12.0. The first-order valence-electron chi connectivity index (χ1n) is 6.51. The Bertz CT molecular complexity index is 391. The number of hydrogen-bond acceptors (Lipinski definition) is 3. The Balaban J connectivity index is 2.91. The third kappa shape index (κ3) is 3.59. The van der Waals surface area contributed by atoms with Crippen molar-refractivity contribution < 1.29 is 0 Å². The monoisotopic (exact) mass is 269 g/mol. The molecule has 1 heterocycles. The zero-order chi connectivity index (χ0) is 13.8. The molecule has 0 aromatic carbocycles. The molecule has 0 aliphatic heterocycles. The molecular weight excluding hydrogens is 246 g/mol. The van der Waals surface area contributed by atoms with E-state index >= 15 is 0 Å². The van der Waals surface area contributed by atoms with Crippen molar-refractivity contribution >= 4 is 17.4 Å². The second kappa shape index (κ2) is 6.39. The Kier molecular flexibility index (Phi) is 5.42. The van der Waals surface area contributed by atoms with Crippen LogP contribution in [-0.4, -0.2) is 24.1 Å². The minimum atomic E-state index is 0.0554. The van der Waals surface area contributed by atoms with Gasteiger partial charge in [0.05, 0.1) is 5.02 Å². The van der Waals surface area contributed by atoms with Gasteiger partial charge < -0.3 is 10.2 Å². The van der Waals surface area contributed by atoms with Crippen LogP contribution in [0.5, 0.6) is 0 Å². The fraction of sp³-hybridized carbons (Fsp3) is 0.643. The third-order valence-electron chi connectivity index (χ3n) is 3.55. The van der Waals surface area contributed by atoms with Gasteiger partial charge in [0.25, 0.3) is 0 Å². The van der Waals surface area contributed by atoms with Crippen molar-refractivity contribution in [3.05, 3.63) is 22.8 Å². The molecule has 0 amide bonds. The minimum absolute atomic E-state index is 0.0554. The number of anilines is 1. The van der Waals surface area contributed by atoms with Crippen molar-refractivity contribution in [1.82, 2.24) is 10.3 Å². The molecule has 1 aromatic heterocycles. The number of rotatable bonds is 6. The van der Waals surface area contributed by atoms with Gasteiger partial charge in [-0.2, -0.15) is 0 Å². The fourth-order valence-corrected chi connectivity index (χ4v) is 1.92. The molecule has 1 N–H and O–H groups in total. The summed E-state index contributed by atoms with van der Waals surface area (Å²) >= 11 is 6.33. The minimum Gasteiger partial charge on any atom is -0.353 e. The summed E-state index contributed by atoms with van der Waals surface area (Å²) in [5.41, 5.74) is 1.17. The first-order valence-corrected chi connectivity index (χ1v) is 6.89.